The Morgan fingerprint density at radius 1 is 1.67 bits per heavy atom. The SMILES string of the molecule is C[C@@H](CF)Nc1cc(Cl)ncc1C(=O)NC1CC1. The van der Waals surface area contributed by atoms with E-state index in [1.165, 1.54) is 12.3 Å². The minimum atomic E-state index is -0.524. The lowest BCUT2D eigenvalue weighted by Gasteiger charge is -2.15. The van der Waals surface area contributed by atoms with E-state index < -0.39 is 6.67 Å². The molecule has 1 aliphatic rings. The third-order valence-corrected chi connectivity index (χ3v) is 2.87. The van der Waals surface area contributed by atoms with E-state index in [1.807, 2.05) is 0 Å². The minimum absolute atomic E-state index is 0.199. The first-order valence-corrected chi connectivity index (χ1v) is 6.27. The van der Waals surface area contributed by atoms with Gasteiger partial charge in [0.25, 0.3) is 5.91 Å². The van der Waals surface area contributed by atoms with Crippen LogP contribution in [0.5, 0.6) is 0 Å². The predicted octanol–water partition coefficient (Wildman–Crippen LogP) is 2.40. The van der Waals surface area contributed by atoms with Crippen molar-refractivity contribution < 1.29 is 9.18 Å². The molecule has 1 aliphatic carbocycles. The highest BCUT2D eigenvalue weighted by Gasteiger charge is 2.25. The second kappa shape index (κ2) is 5.52. The van der Waals surface area contributed by atoms with Crippen LogP contribution in [0.25, 0.3) is 0 Å². The Hall–Kier alpha value is -1.36. The molecular formula is C12H15ClFN3O. The van der Waals surface area contributed by atoms with Crippen LogP contribution in [0.3, 0.4) is 0 Å². The molecule has 0 bridgehead atoms. The summed E-state index contributed by atoms with van der Waals surface area (Å²) in [6, 6.07) is 1.42. The van der Waals surface area contributed by atoms with Gasteiger partial charge < -0.3 is 10.6 Å². The van der Waals surface area contributed by atoms with E-state index in [0.717, 1.165) is 12.8 Å². The minimum Gasteiger partial charge on any atom is -0.379 e. The summed E-state index contributed by atoms with van der Waals surface area (Å²) in [5.41, 5.74) is 0.907. The van der Waals surface area contributed by atoms with Gasteiger partial charge in [-0.1, -0.05) is 11.6 Å². The zero-order chi connectivity index (χ0) is 13.1. The van der Waals surface area contributed by atoms with Gasteiger partial charge in [-0.25, -0.2) is 9.37 Å². The van der Waals surface area contributed by atoms with Crippen LogP contribution >= 0.6 is 11.6 Å². The Morgan fingerprint density at radius 3 is 3.00 bits per heavy atom. The molecule has 1 fully saturated rings. The fourth-order valence-corrected chi connectivity index (χ4v) is 1.68. The molecule has 4 nitrogen and oxygen atoms in total. The van der Waals surface area contributed by atoms with Gasteiger partial charge in [-0.3, -0.25) is 4.79 Å². The molecular weight excluding hydrogens is 257 g/mol. The Morgan fingerprint density at radius 2 is 2.39 bits per heavy atom. The zero-order valence-corrected chi connectivity index (χ0v) is 10.8. The van der Waals surface area contributed by atoms with Gasteiger partial charge in [0, 0.05) is 12.2 Å². The number of amides is 1. The second-order valence-electron chi connectivity index (χ2n) is 4.50. The summed E-state index contributed by atoms with van der Waals surface area (Å²) in [6.45, 7) is 1.17. The average Bonchev–Trinajstić information content (AvgIpc) is 3.12. The van der Waals surface area contributed by atoms with Gasteiger partial charge in [-0.05, 0) is 25.8 Å². The predicted molar refractivity (Wildman–Crippen MR) is 68.8 cm³/mol. The number of hydrogen-bond donors (Lipinski definition) is 2. The molecule has 0 unspecified atom stereocenters. The van der Waals surface area contributed by atoms with Crippen molar-refractivity contribution in [1.82, 2.24) is 10.3 Å². The molecule has 1 saturated carbocycles. The van der Waals surface area contributed by atoms with Gasteiger partial charge >= 0.3 is 0 Å². The molecule has 0 aliphatic heterocycles. The maximum Gasteiger partial charge on any atom is 0.255 e. The molecule has 1 heterocycles. The summed E-state index contributed by atoms with van der Waals surface area (Å²) in [4.78, 5) is 15.9. The number of nitrogens with one attached hydrogen (secondary N) is 2. The smallest absolute Gasteiger partial charge is 0.255 e. The van der Waals surface area contributed by atoms with Crippen molar-refractivity contribution in [2.24, 2.45) is 0 Å². The van der Waals surface area contributed by atoms with Crippen molar-refractivity contribution >= 4 is 23.2 Å². The molecule has 2 rings (SSSR count). The molecule has 0 aromatic carbocycles. The lowest BCUT2D eigenvalue weighted by molar-refractivity contribution is 0.0951. The molecule has 1 aromatic rings. The van der Waals surface area contributed by atoms with Crippen molar-refractivity contribution in [1.29, 1.82) is 0 Å². The van der Waals surface area contributed by atoms with E-state index in [2.05, 4.69) is 15.6 Å². The van der Waals surface area contributed by atoms with Crippen molar-refractivity contribution in [2.75, 3.05) is 12.0 Å². The molecule has 1 atom stereocenters. The van der Waals surface area contributed by atoms with E-state index in [4.69, 9.17) is 11.6 Å². The summed E-state index contributed by atoms with van der Waals surface area (Å²) in [6.07, 6.45) is 3.43. The van der Waals surface area contributed by atoms with Crippen LogP contribution in [0.1, 0.15) is 30.1 Å². The van der Waals surface area contributed by atoms with E-state index in [9.17, 15) is 9.18 Å². The maximum atomic E-state index is 12.5. The summed E-state index contributed by atoms with van der Waals surface area (Å²) in [7, 11) is 0. The Balaban J connectivity index is 2.18. The van der Waals surface area contributed by atoms with E-state index >= 15 is 0 Å². The standard InChI is InChI=1S/C12H15ClFN3O/c1-7(5-14)16-10-4-11(13)15-6-9(10)12(18)17-8-2-3-8/h4,6-8H,2-3,5H2,1H3,(H,15,16)(H,17,18)/t7-/m0/s1. The Bertz CT molecular complexity index is 451. The van der Waals surface area contributed by atoms with Crippen LogP contribution in [-0.2, 0) is 0 Å². The molecule has 18 heavy (non-hydrogen) atoms. The van der Waals surface area contributed by atoms with Gasteiger partial charge in [0.05, 0.1) is 17.3 Å². The Kier molecular flexibility index (Phi) is 4.01. The molecule has 98 valence electrons. The van der Waals surface area contributed by atoms with Crippen molar-refractivity contribution in [2.45, 2.75) is 31.8 Å². The first-order valence-electron chi connectivity index (χ1n) is 5.89. The molecule has 2 N–H and O–H groups in total. The largest absolute Gasteiger partial charge is 0.379 e. The number of rotatable bonds is 5. The maximum absolute atomic E-state index is 12.5. The molecule has 1 amide bonds. The first kappa shape index (κ1) is 13.1. The van der Waals surface area contributed by atoms with E-state index in [0.29, 0.717) is 11.3 Å². The highest BCUT2D eigenvalue weighted by atomic mass is 35.5. The lowest BCUT2D eigenvalue weighted by atomic mass is 10.2. The molecule has 1 aromatic heterocycles. The number of carbonyl (C=O) groups is 1. The lowest BCUT2D eigenvalue weighted by Crippen LogP contribution is -2.27. The van der Waals surface area contributed by atoms with Gasteiger partial charge in [0.1, 0.15) is 11.8 Å². The second-order valence-corrected chi connectivity index (χ2v) is 4.89. The normalized spacial score (nSPS) is 16.2. The third-order valence-electron chi connectivity index (χ3n) is 2.66. The van der Waals surface area contributed by atoms with Gasteiger partial charge in [-0.15, -0.1) is 0 Å². The summed E-state index contributed by atoms with van der Waals surface area (Å²) in [5, 5.41) is 6.05. The molecule has 0 saturated heterocycles. The molecule has 0 radical (unpaired) electrons. The van der Waals surface area contributed by atoms with Gasteiger partial charge in [0.2, 0.25) is 0 Å². The van der Waals surface area contributed by atoms with Crippen molar-refractivity contribution in [3.63, 3.8) is 0 Å². The zero-order valence-electron chi connectivity index (χ0n) is 10.0. The van der Waals surface area contributed by atoms with E-state index in [1.54, 1.807) is 6.92 Å². The van der Waals surface area contributed by atoms with Crippen LogP contribution in [-0.4, -0.2) is 29.6 Å². The fraction of sp³-hybridized carbons (Fsp3) is 0.500. The number of anilines is 1. The van der Waals surface area contributed by atoms with Gasteiger partial charge in [-0.2, -0.15) is 0 Å². The summed E-state index contributed by atoms with van der Waals surface area (Å²) < 4.78 is 12.5. The number of aromatic nitrogens is 1. The quantitative estimate of drug-likeness (QED) is 0.809. The van der Waals surface area contributed by atoms with Crippen LogP contribution < -0.4 is 10.6 Å². The van der Waals surface area contributed by atoms with Crippen molar-refractivity contribution in [3.05, 3.63) is 23.0 Å². The van der Waals surface area contributed by atoms with Crippen molar-refractivity contribution in [3.8, 4) is 0 Å². The highest BCUT2D eigenvalue weighted by Crippen LogP contribution is 2.23. The van der Waals surface area contributed by atoms with Crippen LogP contribution in [0.2, 0.25) is 5.15 Å². The number of nitrogens with zero attached hydrogens (tertiary/aromatic N) is 1. The monoisotopic (exact) mass is 271 g/mol. The number of hydrogen-bond acceptors (Lipinski definition) is 3. The number of pyridine rings is 1. The van der Waals surface area contributed by atoms with Crippen LogP contribution in [0.15, 0.2) is 12.3 Å². The topological polar surface area (TPSA) is 54.0 Å². The van der Waals surface area contributed by atoms with Crippen LogP contribution in [0.4, 0.5) is 10.1 Å². The third kappa shape index (κ3) is 3.32. The molecule has 0 spiro atoms. The summed E-state index contributed by atoms with van der Waals surface area (Å²) >= 11 is 5.79. The number of halogens is 2. The number of carbonyl (C=O) groups excluding carboxylic acids is 1. The Labute approximate surface area is 110 Å². The number of alkyl halides is 1. The van der Waals surface area contributed by atoms with E-state index in [-0.39, 0.29) is 23.1 Å². The average molecular weight is 272 g/mol. The molecule has 6 heteroatoms. The van der Waals surface area contributed by atoms with Crippen LogP contribution in [0, 0.1) is 0 Å². The fourth-order valence-electron chi connectivity index (χ4n) is 1.53. The van der Waals surface area contributed by atoms with Gasteiger partial charge in [0.15, 0.2) is 0 Å². The highest BCUT2D eigenvalue weighted by molar-refractivity contribution is 6.29. The first-order chi connectivity index (χ1) is 8.60. The summed E-state index contributed by atoms with van der Waals surface area (Å²) in [5.74, 6) is -0.199.